The fourth-order valence-corrected chi connectivity index (χ4v) is 2.01. The van der Waals surface area contributed by atoms with Crippen molar-refractivity contribution >= 4 is 28.0 Å². The molecule has 2 aromatic rings. The van der Waals surface area contributed by atoms with Gasteiger partial charge in [0, 0.05) is 6.42 Å². The number of fused-ring (bicyclic) bond motifs is 1. The molecule has 0 aliphatic heterocycles. The maximum absolute atomic E-state index is 5.58. The zero-order valence-electron chi connectivity index (χ0n) is 8.66. The number of hydrogen-bond donors (Lipinski definition) is 1. The van der Waals surface area contributed by atoms with Gasteiger partial charge in [-0.25, -0.2) is 0 Å². The molecule has 0 saturated heterocycles. The standard InChI is InChI=1S/C13H13NS/c1-9-6-7-10(8-13(14)15)12-5-3-2-4-11(9)12/h2-7H,8H2,1H3,(H2,14,15). The highest BCUT2D eigenvalue weighted by atomic mass is 32.1. The number of rotatable bonds is 2. The first-order valence-corrected chi connectivity index (χ1v) is 5.35. The third kappa shape index (κ3) is 2.00. The Morgan fingerprint density at radius 2 is 1.80 bits per heavy atom. The van der Waals surface area contributed by atoms with E-state index in [4.69, 9.17) is 18.0 Å². The first kappa shape index (κ1) is 10.1. The molecule has 0 spiro atoms. The summed E-state index contributed by atoms with van der Waals surface area (Å²) in [7, 11) is 0. The topological polar surface area (TPSA) is 26.0 Å². The van der Waals surface area contributed by atoms with Crippen LogP contribution in [0.5, 0.6) is 0 Å². The van der Waals surface area contributed by atoms with Crippen molar-refractivity contribution in [2.75, 3.05) is 0 Å². The quantitative estimate of drug-likeness (QED) is 0.779. The van der Waals surface area contributed by atoms with Crippen LogP contribution in [0.25, 0.3) is 10.8 Å². The molecule has 0 saturated carbocycles. The molecule has 2 aromatic carbocycles. The summed E-state index contributed by atoms with van der Waals surface area (Å²) in [6.07, 6.45) is 0.677. The Morgan fingerprint density at radius 3 is 2.47 bits per heavy atom. The van der Waals surface area contributed by atoms with Crippen molar-refractivity contribution in [2.45, 2.75) is 13.3 Å². The van der Waals surface area contributed by atoms with Gasteiger partial charge in [-0.15, -0.1) is 0 Å². The Hall–Kier alpha value is -1.41. The summed E-state index contributed by atoms with van der Waals surface area (Å²) in [6, 6.07) is 12.6. The van der Waals surface area contributed by atoms with Crippen LogP contribution in [0, 0.1) is 6.92 Å². The van der Waals surface area contributed by atoms with Crippen LogP contribution in [-0.4, -0.2) is 4.99 Å². The van der Waals surface area contributed by atoms with Crippen molar-refractivity contribution in [3.63, 3.8) is 0 Å². The van der Waals surface area contributed by atoms with Crippen molar-refractivity contribution in [3.8, 4) is 0 Å². The van der Waals surface area contributed by atoms with Crippen molar-refractivity contribution in [1.29, 1.82) is 0 Å². The lowest BCUT2D eigenvalue weighted by molar-refractivity contribution is 1.35. The molecule has 0 fully saturated rings. The molecule has 76 valence electrons. The molecule has 2 heteroatoms. The van der Waals surface area contributed by atoms with Crippen LogP contribution in [0.4, 0.5) is 0 Å². The van der Waals surface area contributed by atoms with Crippen LogP contribution in [0.3, 0.4) is 0 Å². The predicted molar refractivity (Wildman–Crippen MR) is 69.2 cm³/mol. The minimum absolute atomic E-state index is 0.545. The van der Waals surface area contributed by atoms with Crippen molar-refractivity contribution in [2.24, 2.45) is 5.73 Å². The SMILES string of the molecule is Cc1ccc(CC(N)=S)c2ccccc12. The highest BCUT2D eigenvalue weighted by Crippen LogP contribution is 2.22. The number of aryl methyl sites for hydroxylation is 1. The Balaban J connectivity index is 2.66. The molecule has 0 unspecified atom stereocenters. The molecule has 0 heterocycles. The van der Waals surface area contributed by atoms with Gasteiger partial charge in [-0.2, -0.15) is 0 Å². The molecule has 0 radical (unpaired) electrons. The summed E-state index contributed by atoms with van der Waals surface area (Å²) < 4.78 is 0. The van der Waals surface area contributed by atoms with Gasteiger partial charge in [0.15, 0.2) is 0 Å². The van der Waals surface area contributed by atoms with Gasteiger partial charge in [0.05, 0.1) is 4.99 Å². The highest BCUT2D eigenvalue weighted by molar-refractivity contribution is 7.80. The molecule has 2 N–H and O–H groups in total. The molecule has 0 bridgehead atoms. The number of nitrogens with two attached hydrogens (primary N) is 1. The second-order valence-corrected chi connectivity index (χ2v) is 4.25. The van der Waals surface area contributed by atoms with Gasteiger partial charge < -0.3 is 5.73 Å². The predicted octanol–water partition coefficient (Wildman–Crippen LogP) is 2.98. The first-order chi connectivity index (χ1) is 7.18. The van der Waals surface area contributed by atoms with Gasteiger partial charge in [0.2, 0.25) is 0 Å². The van der Waals surface area contributed by atoms with Crippen LogP contribution in [0.2, 0.25) is 0 Å². The maximum atomic E-state index is 5.58. The highest BCUT2D eigenvalue weighted by Gasteiger charge is 2.03. The van der Waals surface area contributed by atoms with E-state index in [9.17, 15) is 0 Å². The Kier molecular flexibility index (Phi) is 2.69. The zero-order valence-corrected chi connectivity index (χ0v) is 9.47. The van der Waals surface area contributed by atoms with E-state index in [-0.39, 0.29) is 0 Å². The minimum Gasteiger partial charge on any atom is -0.393 e. The maximum Gasteiger partial charge on any atom is 0.0771 e. The van der Waals surface area contributed by atoms with E-state index < -0.39 is 0 Å². The summed E-state index contributed by atoms with van der Waals surface area (Å²) >= 11 is 4.95. The average molecular weight is 215 g/mol. The largest absolute Gasteiger partial charge is 0.393 e. The van der Waals surface area contributed by atoms with Gasteiger partial charge in [-0.05, 0) is 28.8 Å². The van der Waals surface area contributed by atoms with E-state index in [2.05, 4.69) is 37.3 Å². The van der Waals surface area contributed by atoms with E-state index in [1.807, 2.05) is 6.07 Å². The van der Waals surface area contributed by atoms with Gasteiger partial charge in [-0.1, -0.05) is 48.6 Å². The Labute approximate surface area is 94.9 Å². The van der Waals surface area contributed by atoms with Crippen LogP contribution in [0.1, 0.15) is 11.1 Å². The lowest BCUT2D eigenvalue weighted by Gasteiger charge is -2.07. The monoisotopic (exact) mass is 215 g/mol. The second kappa shape index (κ2) is 3.99. The lowest BCUT2D eigenvalue weighted by Crippen LogP contribution is -2.11. The van der Waals surface area contributed by atoms with Gasteiger partial charge >= 0.3 is 0 Å². The number of hydrogen-bond acceptors (Lipinski definition) is 1. The van der Waals surface area contributed by atoms with Gasteiger partial charge in [0.1, 0.15) is 0 Å². The molecule has 0 aliphatic carbocycles. The molecular formula is C13H13NS. The van der Waals surface area contributed by atoms with Crippen LogP contribution in [-0.2, 0) is 6.42 Å². The molecule has 0 atom stereocenters. The van der Waals surface area contributed by atoms with Crippen LogP contribution in [0.15, 0.2) is 36.4 Å². The van der Waals surface area contributed by atoms with Crippen molar-refractivity contribution in [1.82, 2.24) is 0 Å². The summed E-state index contributed by atoms with van der Waals surface area (Å²) in [5, 5.41) is 2.54. The van der Waals surface area contributed by atoms with E-state index in [1.165, 1.54) is 21.9 Å². The zero-order chi connectivity index (χ0) is 10.8. The molecule has 2 rings (SSSR count). The average Bonchev–Trinajstić information content (AvgIpc) is 2.22. The minimum atomic E-state index is 0.545. The van der Waals surface area contributed by atoms with Crippen molar-refractivity contribution < 1.29 is 0 Å². The molecule has 0 amide bonds. The van der Waals surface area contributed by atoms with Gasteiger partial charge in [0.25, 0.3) is 0 Å². The Morgan fingerprint density at radius 1 is 1.13 bits per heavy atom. The third-order valence-corrected chi connectivity index (χ3v) is 2.74. The van der Waals surface area contributed by atoms with Crippen LogP contribution < -0.4 is 5.73 Å². The molecule has 15 heavy (non-hydrogen) atoms. The number of benzene rings is 2. The number of thiocarbonyl (C=S) groups is 1. The van der Waals surface area contributed by atoms with E-state index in [1.54, 1.807) is 0 Å². The fourth-order valence-electron chi connectivity index (χ4n) is 1.85. The molecule has 0 aromatic heterocycles. The molecule has 0 aliphatic rings. The second-order valence-electron chi connectivity index (χ2n) is 3.73. The van der Waals surface area contributed by atoms with Crippen molar-refractivity contribution in [3.05, 3.63) is 47.5 Å². The van der Waals surface area contributed by atoms with Gasteiger partial charge in [-0.3, -0.25) is 0 Å². The third-order valence-electron chi connectivity index (χ3n) is 2.60. The van der Waals surface area contributed by atoms with E-state index in [0.717, 1.165) is 0 Å². The normalized spacial score (nSPS) is 10.5. The summed E-state index contributed by atoms with van der Waals surface area (Å²) in [6.45, 7) is 2.12. The van der Waals surface area contributed by atoms with Crippen LogP contribution >= 0.6 is 12.2 Å². The van der Waals surface area contributed by atoms with E-state index >= 15 is 0 Å². The summed E-state index contributed by atoms with van der Waals surface area (Å²) in [4.78, 5) is 0.545. The van der Waals surface area contributed by atoms with E-state index in [0.29, 0.717) is 11.4 Å². The summed E-state index contributed by atoms with van der Waals surface area (Å²) in [5.74, 6) is 0. The summed E-state index contributed by atoms with van der Waals surface area (Å²) in [5.41, 5.74) is 8.09. The smallest absolute Gasteiger partial charge is 0.0771 e. The lowest BCUT2D eigenvalue weighted by atomic mass is 9.98. The fraction of sp³-hybridized carbons (Fsp3) is 0.154. The molecular weight excluding hydrogens is 202 g/mol. The Bertz CT molecular complexity index is 517. The molecule has 1 nitrogen and oxygen atoms in total. The first-order valence-electron chi connectivity index (χ1n) is 4.94.